The first-order valence-corrected chi connectivity index (χ1v) is 12.3. The zero-order chi connectivity index (χ0) is 28.3. The number of aldehydes is 2. The number of methoxy groups -OCH3 is 4. The first kappa shape index (κ1) is 25.1. The van der Waals surface area contributed by atoms with E-state index >= 15 is 0 Å². The van der Waals surface area contributed by atoms with Gasteiger partial charge in [0, 0.05) is 43.1 Å². The number of rotatable bonds is 6. The van der Waals surface area contributed by atoms with E-state index in [1.807, 2.05) is 24.3 Å². The van der Waals surface area contributed by atoms with E-state index in [-0.39, 0.29) is 22.6 Å². The van der Waals surface area contributed by atoms with Gasteiger partial charge in [-0.2, -0.15) is 0 Å². The van der Waals surface area contributed by atoms with Crippen molar-refractivity contribution in [2.24, 2.45) is 0 Å². The van der Waals surface area contributed by atoms with Crippen LogP contribution in [0.3, 0.4) is 0 Å². The van der Waals surface area contributed by atoms with Crippen LogP contribution < -0.4 is 18.9 Å². The second-order valence-corrected chi connectivity index (χ2v) is 9.35. The highest BCUT2D eigenvalue weighted by atomic mass is 16.5. The van der Waals surface area contributed by atoms with E-state index in [1.54, 1.807) is 26.4 Å². The molecular formula is C32H24O8. The quantitative estimate of drug-likeness (QED) is 0.183. The minimum atomic E-state index is -0.217. The molecule has 200 valence electrons. The van der Waals surface area contributed by atoms with Crippen molar-refractivity contribution in [2.75, 3.05) is 28.4 Å². The summed E-state index contributed by atoms with van der Waals surface area (Å²) in [6.07, 6.45) is 1.14. The molecule has 0 saturated carbocycles. The Hall–Kier alpha value is -5.24. The second kappa shape index (κ2) is 9.20. The van der Waals surface area contributed by atoms with Crippen LogP contribution in [0.25, 0.3) is 53.9 Å². The van der Waals surface area contributed by atoms with Crippen LogP contribution in [0.5, 0.6) is 34.5 Å². The molecule has 8 nitrogen and oxygen atoms in total. The molecule has 0 spiro atoms. The Morgan fingerprint density at radius 1 is 0.500 bits per heavy atom. The normalized spacial score (nSPS) is 11.4. The van der Waals surface area contributed by atoms with Crippen LogP contribution in [0.1, 0.15) is 20.7 Å². The summed E-state index contributed by atoms with van der Waals surface area (Å²) in [5, 5.41) is 28.5. The Morgan fingerprint density at radius 3 is 1.23 bits per heavy atom. The van der Waals surface area contributed by atoms with Crippen molar-refractivity contribution in [2.45, 2.75) is 0 Å². The highest BCUT2D eigenvalue weighted by molar-refractivity contribution is 6.36. The van der Waals surface area contributed by atoms with Gasteiger partial charge in [0.2, 0.25) is 0 Å². The van der Waals surface area contributed by atoms with E-state index in [9.17, 15) is 19.8 Å². The largest absolute Gasteiger partial charge is 0.507 e. The van der Waals surface area contributed by atoms with Gasteiger partial charge in [-0.25, -0.2) is 0 Å². The summed E-state index contributed by atoms with van der Waals surface area (Å²) in [5.74, 6) is 1.35. The summed E-state index contributed by atoms with van der Waals surface area (Å²) >= 11 is 0. The van der Waals surface area contributed by atoms with Crippen LogP contribution in [0, 0.1) is 0 Å². The van der Waals surface area contributed by atoms with Crippen LogP contribution in [-0.2, 0) is 0 Å². The number of hydrogen-bond acceptors (Lipinski definition) is 8. The average Bonchev–Trinajstić information content (AvgIpc) is 2.99. The van der Waals surface area contributed by atoms with Crippen LogP contribution in [-0.4, -0.2) is 51.2 Å². The maximum Gasteiger partial charge on any atom is 0.153 e. The van der Waals surface area contributed by atoms with Crippen molar-refractivity contribution in [1.82, 2.24) is 0 Å². The Bertz CT molecular complexity index is 1920. The molecule has 0 aromatic heterocycles. The molecule has 0 amide bonds. The fourth-order valence-electron chi connectivity index (χ4n) is 5.78. The van der Waals surface area contributed by atoms with Gasteiger partial charge in [-0.3, -0.25) is 9.59 Å². The fraction of sp³-hybridized carbons (Fsp3) is 0.125. The van der Waals surface area contributed by atoms with Crippen molar-refractivity contribution in [1.29, 1.82) is 0 Å². The number of aromatic hydroxyl groups is 2. The van der Waals surface area contributed by atoms with E-state index in [0.717, 1.165) is 5.39 Å². The standard InChI is InChI=1S/C32H24O8/c1-37-22-9-16(13-33)31(35)29-20(22)11-24(39-3)18-7-5-15-6-8-19-25(40-4)12-21-23(38-2)10-17(14-34)32(36)30(21)28(19)26(15)27(18)29/h5-14,35-36H,1-4H3. The molecule has 40 heavy (non-hydrogen) atoms. The third kappa shape index (κ3) is 3.25. The van der Waals surface area contributed by atoms with Gasteiger partial charge < -0.3 is 29.2 Å². The number of ether oxygens (including phenoxy) is 4. The van der Waals surface area contributed by atoms with Crippen molar-refractivity contribution < 1.29 is 38.7 Å². The second-order valence-electron chi connectivity index (χ2n) is 9.35. The van der Waals surface area contributed by atoms with Gasteiger partial charge in [0.25, 0.3) is 0 Å². The molecule has 0 heterocycles. The lowest BCUT2D eigenvalue weighted by molar-refractivity contribution is 0.111. The Balaban J connectivity index is 2.07. The van der Waals surface area contributed by atoms with Crippen LogP contribution in [0.4, 0.5) is 0 Å². The number of carbonyl (C=O) groups excluding carboxylic acids is 2. The molecule has 0 radical (unpaired) electrons. The molecule has 6 aromatic rings. The fourth-order valence-corrected chi connectivity index (χ4v) is 5.78. The third-order valence-corrected chi connectivity index (χ3v) is 7.57. The topological polar surface area (TPSA) is 112 Å². The zero-order valence-corrected chi connectivity index (χ0v) is 22.1. The highest BCUT2D eigenvalue weighted by Crippen LogP contribution is 2.51. The first-order valence-electron chi connectivity index (χ1n) is 12.3. The molecule has 0 aliphatic heterocycles. The van der Waals surface area contributed by atoms with Gasteiger partial charge >= 0.3 is 0 Å². The smallest absolute Gasteiger partial charge is 0.153 e. The molecule has 0 saturated heterocycles. The molecule has 0 unspecified atom stereocenters. The number of phenols is 2. The summed E-state index contributed by atoms with van der Waals surface area (Å²) in [4.78, 5) is 24.0. The van der Waals surface area contributed by atoms with Crippen molar-refractivity contribution in [3.05, 3.63) is 59.7 Å². The molecule has 0 fully saturated rings. The lowest BCUT2D eigenvalue weighted by Gasteiger charge is -2.19. The summed E-state index contributed by atoms with van der Waals surface area (Å²) in [6, 6.07) is 14.0. The van der Waals surface area contributed by atoms with E-state index in [0.29, 0.717) is 84.0 Å². The van der Waals surface area contributed by atoms with E-state index in [1.165, 1.54) is 26.4 Å². The summed E-state index contributed by atoms with van der Waals surface area (Å²) in [6.45, 7) is 0. The van der Waals surface area contributed by atoms with E-state index in [2.05, 4.69) is 0 Å². The Labute approximate surface area is 227 Å². The Kier molecular flexibility index (Phi) is 5.76. The monoisotopic (exact) mass is 536 g/mol. The maximum atomic E-state index is 12.0. The SMILES string of the molecule is COc1cc(C=O)c(O)c2c1cc(OC)c1ccc3ccc4c(OC)cc5c(OC)cc(C=O)c(O)c5c4c3c12. The molecular weight excluding hydrogens is 512 g/mol. The number of phenolic OH excluding ortho intramolecular Hbond substituents is 2. The molecule has 0 aliphatic rings. The summed E-state index contributed by atoms with van der Waals surface area (Å²) in [5.41, 5.74) is 0.117. The summed E-state index contributed by atoms with van der Waals surface area (Å²) in [7, 11) is 6.06. The van der Waals surface area contributed by atoms with Gasteiger partial charge in [0.1, 0.15) is 34.5 Å². The predicted molar refractivity (Wildman–Crippen MR) is 154 cm³/mol. The maximum absolute atomic E-state index is 12.0. The minimum absolute atomic E-state index is 0.0586. The lowest BCUT2D eigenvalue weighted by Crippen LogP contribution is -1.96. The number of fused-ring (bicyclic) bond motifs is 9. The molecule has 8 heteroatoms. The van der Waals surface area contributed by atoms with Gasteiger partial charge in [-0.05, 0) is 47.2 Å². The zero-order valence-electron chi connectivity index (χ0n) is 22.1. The van der Waals surface area contributed by atoms with Crippen LogP contribution in [0.15, 0.2) is 48.5 Å². The first-order chi connectivity index (χ1) is 19.4. The number of carbonyl (C=O) groups is 2. The number of benzene rings is 6. The predicted octanol–water partition coefficient (Wildman–Crippen LogP) is 6.52. The minimum Gasteiger partial charge on any atom is -0.507 e. The van der Waals surface area contributed by atoms with Gasteiger partial charge in [0.05, 0.1) is 39.6 Å². The van der Waals surface area contributed by atoms with Crippen molar-refractivity contribution in [3.63, 3.8) is 0 Å². The van der Waals surface area contributed by atoms with Gasteiger partial charge in [0.15, 0.2) is 12.6 Å². The average molecular weight is 537 g/mol. The van der Waals surface area contributed by atoms with Crippen molar-refractivity contribution in [3.8, 4) is 34.5 Å². The third-order valence-electron chi connectivity index (χ3n) is 7.57. The molecule has 6 aromatic carbocycles. The Morgan fingerprint density at radius 2 is 0.875 bits per heavy atom. The van der Waals surface area contributed by atoms with Gasteiger partial charge in [-0.15, -0.1) is 0 Å². The van der Waals surface area contributed by atoms with Crippen molar-refractivity contribution >= 4 is 66.4 Å². The van der Waals surface area contributed by atoms with Crippen LogP contribution >= 0.6 is 0 Å². The molecule has 0 bridgehead atoms. The van der Waals surface area contributed by atoms with E-state index in [4.69, 9.17) is 18.9 Å². The van der Waals surface area contributed by atoms with Crippen LogP contribution in [0.2, 0.25) is 0 Å². The molecule has 0 aliphatic carbocycles. The molecule has 0 atom stereocenters. The molecule has 2 N–H and O–H groups in total. The van der Waals surface area contributed by atoms with Gasteiger partial charge in [-0.1, -0.05) is 12.1 Å². The number of hydrogen-bond donors (Lipinski definition) is 2. The lowest BCUT2D eigenvalue weighted by atomic mass is 9.88. The summed E-state index contributed by atoms with van der Waals surface area (Å²) < 4.78 is 22.8. The molecule has 6 rings (SSSR count). The van der Waals surface area contributed by atoms with E-state index < -0.39 is 0 Å². The highest BCUT2D eigenvalue weighted by Gasteiger charge is 2.24.